The lowest BCUT2D eigenvalue weighted by atomic mass is 10.1. The summed E-state index contributed by atoms with van der Waals surface area (Å²) in [4.78, 5) is 23.7. The van der Waals surface area contributed by atoms with Crippen molar-refractivity contribution in [3.63, 3.8) is 0 Å². The lowest BCUT2D eigenvalue weighted by molar-refractivity contribution is -0.00198. The van der Waals surface area contributed by atoms with Crippen LogP contribution in [0, 0.1) is 12.7 Å². The van der Waals surface area contributed by atoms with E-state index in [1.165, 1.54) is 11.5 Å². The maximum absolute atomic E-state index is 14.4. The number of carboxylic acids is 1. The molecular formula is C16H17F4N3O4. The number of benzene rings is 1. The molecule has 2 rings (SSSR count). The van der Waals surface area contributed by atoms with E-state index in [-0.39, 0.29) is 11.9 Å². The van der Waals surface area contributed by atoms with Crippen LogP contribution in [0.2, 0.25) is 0 Å². The lowest BCUT2D eigenvalue weighted by Gasteiger charge is -2.17. The van der Waals surface area contributed by atoms with E-state index in [1.54, 1.807) is 13.8 Å². The van der Waals surface area contributed by atoms with Crippen molar-refractivity contribution in [3.05, 3.63) is 39.8 Å². The van der Waals surface area contributed by atoms with E-state index in [9.17, 15) is 27.2 Å². The van der Waals surface area contributed by atoms with E-state index < -0.39 is 53.7 Å². The molecule has 0 aliphatic rings. The van der Waals surface area contributed by atoms with Gasteiger partial charge in [-0.1, -0.05) is 0 Å². The van der Waals surface area contributed by atoms with Crippen LogP contribution in [0.25, 0.3) is 5.69 Å². The maximum atomic E-state index is 14.4. The monoisotopic (exact) mass is 391 g/mol. The average molecular weight is 391 g/mol. The lowest BCUT2D eigenvalue weighted by Crippen LogP contribution is -2.29. The third kappa shape index (κ3) is 3.96. The average Bonchev–Trinajstić information content (AvgIpc) is 2.87. The first kappa shape index (κ1) is 20.5. The molecule has 0 aliphatic carbocycles. The van der Waals surface area contributed by atoms with Crippen LogP contribution in [0.5, 0.6) is 5.75 Å². The quantitative estimate of drug-likeness (QED) is 0.734. The first-order valence-corrected chi connectivity index (χ1v) is 7.84. The number of rotatable bonds is 7. The first-order valence-electron chi connectivity index (χ1n) is 7.84. The Kier molecular flexibility index (Phi) is 5.91. The first-order chi connectivity index (χ1) is 12.6. The van der Waals surface area contributed by atoms with Gasteiger partial charge in [0.2, 0.25) is 0 Å². The van der Waals surface area contributed by atoms with E-state index >= 15 is 0 Å². The van der Waals surface area contributed by atoms with Crippen molar-refractivity contribution in [2.24, 2.45) is 0 Å². The van der Waals surface area contributed by atoms with Crippen molar-refractivity contribution in [2.75, 3.05) is 6.67 Å². The Morgan fingerprint density at radius 2 is 1.96 bits per heavy atom. The number of alkyl halides is 3. The molecule has 27 heavy (non-hydrogen) atoms. The van der Waals surface area contributed by atoms with Crippen molar-refractivity contribution in [3.8, 4) is 11.4 Å². The number of carbonyl (C=O) groups is 1. The van der Waals surface area contributed by atoms with Crippen LogP contribution < -0.4 is 10.4 Å². The van der Waals surface area contributed by atoms with Crippen molar-refractivity contribution < 1.29 is 32.2 Å². The summed E-state index contributed by atoms with van der Waals surface area (Å²) in [6.45, 7) is 3.32. The summed E-state index contributed by atoms with van der Waals surface area (Å²) in [5, 5.41) is 13.0. The molecule has 0 saturated carbocycles. The molecule has 0 amide bonds. The van der Waals surface area contributed by atoms with Gasteiger partial charge in [0.15, 0.2) is 6.10 Å². The Labute approximate surface area is 150 Å². The zero-order valence-corrected chi connectivity index (χ0v) is 14.6. The van der Waals surface area contributed by atoms with E-state index in [4.69, 9.17) is 9.84 Å². The normalized spacial score (nSPS) is 12.6. The van der Waals surface area contributed by atoms with Crippen molar-refractivity contribution in [1.82, 2.24) is 14.3 Å². The number of nitrogens with zero attached hydrogens (tertiary/aromatic N) is 3. The van der Waals surface area contributed by atoms with Crippen LogP contribution in [0.3, 0.4) is 0 Å². The van der Waals surface area contributed by atoms with Crippen LogP contribution >= 0.6 is 0 Å². The highest BCUT2D eigenvalue weighted by Gasteiger charge is 2.27. The second kappa shape index (κ2) is 7.80. The molecule has 1 aromatic heterocycles. The van der Waals surface area contributed by atoms with Crippen molar-refractivity contribution in [1.29, 1.82) is 0 Å². The molecule has 0 spiro atoms. The van der Waals surface area contributed by atoms with Crippen LogP contribution in [-0.4, -0.2) is 44.6 Å². The van der Waals surface area contributed by atoms with Gasteiger partial charge in [-0.05, 0) is 26.8 Å². The Morgan fingerprint density at radius 3 is 2.41 bits per heavy atom. The highest BCUT2D eigenvalue weighted by Crippen LogP contribution is 2.27. The second-order valence-corrected chi connectivity index (χ2v) is 5.96. The molecule has 148 valence electrons. The van der Waals surface area contributed by atoms with Gasteiger partial charge >= 0.3 is 11.7 Å². The predicted molar refractivity (Wildman–Crippen MR) is 86.3 cm³/mol. The highest BCUT2D eigenvalue weighted by molar-refractivity contribution is 5.91. The molecule has 1 N–H and O–H groups in total. The molecule has 0 radical (unpaired) electrons. The number of hydrogen-bond donors (Lipinski definition) is 1. The fraction of sp³-hybridized carbons (Fsp3) is 0.438. The van der Waals surface area contributed by atoms with Gasteiger partial charge in [0, 0.05) is 12.1 Å². The van der Waals surface area contributed by atoms with Crippen molar-refractivity contribution in [2.45, 2.75) is 39.3 Å². The molecule has 1 aromatic carbocycles. The summed E-state index contributed by atoms with van der Waals surface area (Å²) in [6, 6.07) is 0.949. The number of hydrogen-bond acceptors (Lipinski definition) is 4. The van der Waals surface area contributed by atoms with E-state index in [0.717, 1.165) is 6.07 Å². The SMILES string of the molecule is Cc1nn(-c2cc(O[C@@H](CF)C(F)F)c(C(=O)O)cc2F)c(=O)n1C(C)C. The molecule has 2 aromatic rings. The Bertz CT molecular complexity index is 908. The summed E-state index contributed by atoms with van der Waals surface area (Å²) in [5.74, 6) is -3.25. The number of halogens is 4. The van der Waals surface area contributed by atoms with Crippen LogP contribution in [0.15, 0.2) is 16.9 Å². The number of aromatic carboxylic acids is 1. The summed E-state index contributed by atoms with van der Waals surface area (Å²) in [7, 11) is 0. The van der Waals surface area contributed by atoms with Gasteiger partial charge in [-0.15, -0.1) is 0 Å². The Morgan fingerprint density at radius 1 is 1.33 bits per heavy atom. The minimum absolute atomic E-state index is 0.258. The van der Waals surface area contributed by atoms with Gasteiger partial charge in [-0.25, -0.2) is 27.2 Å². The number of carboxylic acid groups (broad SMARTS) is 1. The summed E-state index contributed by atoms with van der Waals surface area (Å²) in [6.07, 6.45) is -5.48. The fourth-order valence-corrected chi connectivity index (χ4v) is 2.51. The van der Waals surface area contributed by atoms with Crippen LogP contribution in [0.4, 0.5) is 17.6 Å². The van der Waals surface area contributed by atoms with E-state index in [2.05, 4.69) is 5.10 Å². The summed E-state index contributed by atoms with van der Waals surface area (Å²) < 4.78 is 59.4. The third-order valence-electron chi connectivity index (χ3n) is 3.72. The zero-order valence-electron chi connectivity index (χ0n) is 14.6. The number of aryl methyl sites for hydroxylation is 1. The standard InChI is InChI=1S/C16H17F4N3O4/c1-7(2)22-8(3)21-23(16(22)26)11-5-12(27-13(6-17)14(19)20)9(15(24)25)4-10(11)18/h4-5,7,13-14H,6H2,1-3H3,(H,24,25)/t13-/m0/s1. The number of ether oxygens (including phenoxy) is 1. The van der Waals surface area contributed by atoms with Gasteiger partial charge < -0.3 is 9.84 Å². The molecule has 0 bridgehead atoms. The van der Waals surface area contributed by atoms with Gasteiger partial charge in [0.25, 0.3) is 6.43 Å². The van der Waals surface area contributed by atoms with Gasteiger partial charge in [0.1, 0.15) is 35.3 Å². The smallest absolute Gasteiger partial charge is 0.351 e. The molecule has 1 atom stereocenters. The van der Waals surface area contributed by atoms with Gasteiger partial charge in [0.05, 0.1) is 0 Å². The minimum Gasteiger partial charge on any atom is -0.481 e. The largest absolute Gasteiger partial charge is 0.481 e. The molecule has 0 fully saturated rings. The second-order valence-electron chi connectivity index (χ2n) is 5.96. The maximum Gasteiger partial charge on any atom is 0.351 e. The molecule has 11 heteroatoms. The zero-order chi connectivity index (χ0) is 20.5. The van der Waals surface area contributed by atoms with Gasteiger partial charge in [-0.3, -0.25) is 4.57 Å². The number of aromatic nitrogens is 3. The molecule has 0 aliphatic heterocycles. The summed E-state index contributed by atoms with van der Waals surface area (Å²) >= 11 is 0. The van der Waals surface area contributed by atoms with Crippen LogP contribution in [0.1, 0.15) is 36.1 Å². The minimum atomic E-state index is -3.24. The third-order valence-corrected chi connectivity index (χ3v) is 3.72. The van der Waals surface area contributed by atoms with Gasteiger partial charge in [-0.2, -0.15) is 9.78 Å². The fourth-order valence-electron chi connectivity index (χ4n) is 2.51. The molecule has 0 unspecified atom stereocenters. The molecule has 7 nitrogen and oxygen atoms in total. The predicted octanol–water partition coefficient (Wildman–Crippen LogP) is 2.74. The Hall–Kier alpha value is -2.85. The Balaban J connectivity index is 2.66. The molecule has 1 heterocycles. The highest BCUT2D eigenvalue weighted by atomic mass is 19.3. The van der Waals surface area contributed by atoms with E-state index in [1.807, 2.05) is 0 Å². The summed E-state index contributed by atoms with van der Waals surface area (Å²) in [5.41, 5.74) is -2.01. The topological polar surface area (TPSA) is 86.4 Å². The molecule has 0 saturated heterocycles. The molecular weight excluding hydrogens is 374 g/mol. The van der Waals surface area contributed by atoms with E-state index in [0.29, 0.717) is 10.7 Å². The van der Waals surface area contributed by atoms with Crippen LogP contribution in [-0.2, 0) is 0 Å². The van der Waals surface area contributed by atoms with Crippen molar-refractivity contribution >= 4 is 5.97 Å².